The van der Waals surface area contributed by atoms with Gasteiger partial charge >= 0.3 is 5.97 Å². The predicted molar refractivity (Wildman–Crippen MR) is 99.7 cm³/mol. The molecule has 140 valence electrons. The molecular weight excluding hydrogens is 316 g/mol. The van der Waals surface area contributed by atoms with Crippen molar-refractivity contribution >= 4 is 12.4 Å². The minimum atomic E-state index is -0.739. The second kappa shape index (κ2) is 9.02. The normalized spacial score (nSPS) is 12.0. The number of carbonyl (C=O) groups is 2. The highest BCUT2D eigenvalue weighted by atomic mass is 16.5. The molecule has 1 aromatic rings. The van der Waals surface area contributed by atoms with E-state index in [0.717, 1.165) is 32.1 Å². The Morgan fingerprint density at radius 1 is 1.12 bits per heavy atom. The first-order valence-electron chi connectivity index (χ1n) is 9.01. The number of carboxylic acids is 1. The molecule has 0 unspecified atom stereocenters. The average Bonchev–Trinajstić information content (AvgIpc) is 2.49. The molecule has 0 atom stereocenters. The molecule has 0 radical (unpaired) electrons. The SMILES string of the molecule is Cc1ccc(CCCC(C)(C)C(=O)O)cc1CCCC(C)(C)OC=O. The van der Waals surface area contributed by atoms with Crippen LogP contribution in [0, 0.1) is 12.3 Å². The Morgan fingerprint density at radius 2 is 1.76 bits per heavy atom. The van der Waals surface area contributed by atoms with Crippen molar-refractivity contribution in [3.05, 3.63) is 34.9 Å². The number of rotatable bonds is 11. The summed E-state index contributed by atoms with van der Waals surface area (Å²) in [4.78, 5) is 21.7. The molecule has 1 N–H and O–H groups in total. The fourth-order valence-electron chi connectivity index (χ4n) is 2.88. The number of hydrogen-bond donors (Lipinski definition) is 1. The minimum Gasteiger partial charge on any atom is -0.481 e. The van der Waals surface area contributed by atoms with Crippen LogP contribution in [-0.2, 0) is 27.2 Å². The highest BCUT2D eigenvalue weighted by molar-refractivity contribution is 5.73. The molecule has 0 spiro atoms. The van der Waals surface area contributed by atoms with Gasteiger partial charge in [-0.25, -0.2) is 0 Å². The van der Waals surface area contributed by atoms with Crippen molar-refractivity contribution in [1.82, 2.24) is 0 Å². The van der Waals surface area contributed by atoms with Gasteiger partial charge in [-0.3, -0.25) is 9.59 Å². The molecule has 0 saturated carbocycles. The van der Waals surface area contributed by atoms with Crippen LogP contribution in [0.4, 0.5) is 0 Å². The van der Waals surface area contributed by atoms with E-state index in [1.165, 1.54) is 16.7 Å². The number of benzene rings is 1. The van der Waals surface area contributed by atoms with Crippen molar-refractivity contribution in [1.29, 1.82) is 0 Å². The summed E-state index contributed by atoms with van der Waals surface area (Å²) in [5, 5.41) is 9.19. The van der Waals surface area contributed by atoms with Crippen molar-refractivity contribution in [2.24, 2.45) is 5.41 Å². The van der Waals surface area contributed by atoms with E-state index in [0.29, 0.717) is 12.9 Å². The number of aliphatic carboxylic acids is 1. The van der Waals surface area contributed by atoms with Gasteiger partial charge in [0.15, 0.2) is 0 Å². The van der Waals surface area contributed by atoms with E-state index in [4.69, 9.17) is 4.74 Å². The van der Waals surface area contributed by atoms with Gasteiger partial charge in [0.1, 0.15) is 5.60 Å². The fourth-order valence-corrected chi connectivity index (χ4v) is 2.88. The maximum atomic E-state index is 11.2. The van der Waals surface area contributed by atoms with E-state index in [1.807, 2.05) is 13.8 Å². The largest absolute Gasteiger partial charge is 0.481 e. The van der Waals surface area contributed by atoms with Crippen LogP contribution in [0.3, 0.4) is 0 Å². The molecule has 0 aromatic heterocycles. The second-order valence-corrected chi connectivity index (χ2v) is 8.13. The molecule has 0 aliphatic heterocycles. The van der Waals surface area contributed by atoms with Crippen LogP contribution in [0.1, 0.15) is 70.1 Å². The van der Waals surface area contributed by atoms with Gasteiger partial charge in [0, 0.05) is 0 Å². The summed E-state index contributed by atoms with van der Waals surface area (Å²) in [6.45, 7) is 10.0. The van der Waals surface area contributed by atoms with Gasteiger partial charge in [-0.2, -0.15) is 0 Å². The first-order chi connectivity index (χ1) is 11.6. The zero-order chi connectivity index (χ0) is 19.1. The third-order valence-corrected chi connectivity index (χ3v) is 4.85. The zero-order valence-electron chi connectivity index (χ0n) is 16.2. The lowest BCUT2D eigenvalue weighted by Gasteiger charge is -2.22. The molecule has 1 aromatic carbocycles. The lowest BCUT2D eigenvalue weighted by atomic mass is 9.86. The standard InChI is InChI=1S/C21H32O4/c1-16-10-11-17(8-6-12-20(2,3)19(23)24)14-18(16)9-7-13-21(4,5)25-15-22/h10-11,14-15H,6-9,12-13H2,1-5H3,(H,23,24). The molecular formula is C21H32O4. The molecule has 0 aliphatic rings. The molecule has 0 aliphatic carbocycles. The zero-order valence-corrected chi connectivity index (χ0v) is 16.2. The third-order valence-electron chi connectivity index (χ3n) is 4.85. The topological polar surface area (TPSA) is 63.6 Å². The van der Waals surface area contributed by atoms with Crippen molar-refractivity contribution in [3.8, 4) is 0 Å². The minimum absolute atomic E-state index is 0.421. The van der Waals surface area contributed by atoms with Gasteiger partial charge < -0.3 is 9.84 Å². The maximum Gasteiger partial charge on any atom is 0.309 e. The molecule has 0 fully saturated rings. The van der Waals surface area contributed by atoms with Crippen LogP contribution in [0.15, 0.2) is 18.2 Å². The van der Waals surface area contributed by atoms with Crippen molar-refractivity contribution in [2.75, 3.05) is 0 Å². The van der Waals surface area contributed by atoms with Crippen LogP contribution in [0.5, 0.6) is 0 Å². The Hall–Kier alpha value is -1.84. The van der Waals surface area contributed by atoms with E-state index >= 15 is 0 Å². The first-order valence-corrected chi connectivity index (χ1v) is 9.01. The van der Waals surface area contributed by atoms with Crippen molar-refractivity contribution in [3.63, 3.8) is 0 Å². The first kappa shape index (κ1) is 21.2. The lowest BCUT2D eigenvalue weighted by molar-refractivity contribution is -0.147. The van der Waals surface area contributed by atoms with Crippen LogP contribution in [0.25, 0.3) is 0 Å². The number of carbonyl (C=O) groups excluding carboxylic acids is 1. The Balaban J connectivity index is 2.58. The Bertz CT molecular complexity index is 588. The molecule has 0 saturated heterocycles. The summed E-state index contributed by atoms with van der Waals surface area (Å²) in [6.07, 6.45) is 5.15. The van der Waals surface area contributed by atoms with Crippen LogP contribution < -0.4 is 0 Å². The number of aryl methyl sites for hydroxylation is 3. The van der Waals surface area contributed by atoms with E-state index < -0.39 is 17.0 Å². The molecule has 1 rings (SSSR count). The summed E-state index contributed by atoms with van der Waals surface area (Å²) in [6, 6.07) is 6.50. The van der Waals surface area contributed by atoms with E-state index in [-0.39, 0.29) is 0 Å². The Labute approximate surface area is 151 Å². The second-order valence-electron chi connectivity index (χ2n) is 8.13. The highest BCUT2D eigenvalue weighted by Crippen LogP contribution is 2.25. The molecule has 0 amide bonds. The van der Waals surface area contributed by atoms with Crippen LogP contribution in [-0.4, -0.2) is 23.1 Å². The summed E-state index contributed by atoms with van der Waals surface area (Å²) < 4.78 is 5.10. The van der Waals surface area contributed by atoms with E-state index in [2.05, 4.69) is 25.1 Å². The van der Waals surface area contributed by atoms with Gasteiger partial charge in [-0.1, -0.05) is 18.2 Å². The maximum absolute atomic E-state index is 11.2. The van der Waals surface area contributed by atoms with Gasteiger partial charge in [0.25, 0.3) is 6.47 Å². The van der Waals surface area contributed by atoms with Crippen molar-refractivity contribution < 1.29 is 19.4 Å². The summed E-state index contributed by atoms with van der Waals surface area (Å²) in [5.41, 5.74) is 2.75. The Kier molecular flexibility index (Phi) is 7.65. The fraction of sp³-hybridized carbons (Fsp3) is 0.619. The number of ether oxygens (including phenoxy) is 1. The van der Waals surface area contributed by atoms with Gasteiger partial charge in [-0.05, 0) is 89.8 Å². The van der Waals surface area contributed by atoms with E-state index in [9.17, 15) is 14.7 Å². The van der Waals surface area contributed by atoms with Crippen molar-refractivity contribution in [2.45, 2.75) is 78.7 Å². The van der Waals surface area contributed by atoms with Crippen LogP contribution >= 0.6 is 0 Å². The summed E-state index contributed by atoms with van der Waals surface area (Å²) in [7, 11) is 0. The highest BCUT2D eigenvalue weighted by Gasteiger charge is 2.26. The van der Waals surface area contributed by atoms with Gasteiger partial charge in [0.2, 0.25) is 0 Å². The third kappa shape index (κ3) is 7.29. The smallest absolute Gasteiger partial charge is 0.309 e. The van der Waals surface area contributed by atoms with E-state index in [1.54, 1.807) is 13.8 Å². The molecule has 4 heteroatoms. The monoisotopic (exact) mass is 348 g/mol. The predicted octanol–water partition coefficient (Wildman–Crippen LogP) is 4.70. The lowest BCUT2D eigenvalue weighted by Crippen LogP contribution is -2.23. The molecule has 0 heterocycles. The summed E-state index contributed by atoms with van der Waals surface area (Å²) in [5.74, 6) is -0.739. The summed E-state index contributed by atoms with van der Waals surface area (Å²) >= 11 is 0. The number of hydrogen-bond acceptors (Lipinski definition) is 3. The Morgan fingerprint density at radius 3 is 2.36 bits per heavy atom. The molecule has 0 bridgehead atoms. The quantitative estimate of drug-likeness (QED) is 0.589. The van der Waals surface area contributed by atoms with Crippen LogP contribution in [0.2, 0.25) is 0 Å². The van der Waals surface area contributed by atoms with Gasteiger partial charge in [-0.15, -0.1) is 0 Å². The number of carboxylic acid groups (broad SMARTS) is 1. The molecule has 4 nitrogen and oxygen atoms in total. The molecule has 25 heavy (non-hydrogen) atoms. The van der Waals surface area contributed by atoms with Gasteiger partial charge in [0.05, 0.1) is 5.41 Å². The average molecular weight is 348 g/mol.